The number of nitrogens with one attached hydrogen (secondary N) is 1. The number of morpholine rings is 1. The van der Waals surface area contributed by atoms with E-state index in [4.69, 9.17) is 9.73 Å². The number of aliphatic hydroxyl groups excluding tert-OH is 1. The average Bonchev–Trinajstić information content (AvgIpc) is 3.28. The number of halogens is 1. The SMILES string of the molecule is CCNC(=NCc1ccc(N2CCC(O)CC2)c(F)c1)N1CCC(N2CCOCC2)C1. The monoisotopic (exact) mass is 433 g/mol. The topological polar surface area (TPSA) is 63.6 Å². The van der Waals surface area contributed by atoms with Gasteiger partial charge < -0.3 is 25.0 Å². The minimum atomic E-state index is -0.258. The van der Waals surface area contributed by atoms with E-state index in [0.29, 0.717) is 44.2 Å². The Morgan fingerprint density at radius 3 is 2.65 bits per heavy atom. The Morgan fingerprint density at radius 2 is 1.94 bits per heavy atom. The van der Waals surface area contributed by atoms with E-state index in [-0.39, 0.29) is 11.9 Å². The number of aliphatic imine (C=N–C) groups is 1. The summed E-state index contributed by atoms with van der Waals surface area (Å²) in [5.74, 6) is 0.704. The molecular weight excluding hydrogens is 397 g/mol. The number of anilines is 1. The van der Waals surface area contributed by atoms with E-state index in [0.717, 1.165) is 63.9 Å². The highest BCUT2D eigenvalue weighted by Gasteiger charge is 2.30. The van der Waals surface area contributed by atoms with E-state index in [1.54, 1.807) is 6.07 Å². The first kappa shape index (κ1) is 22.3. The summed E-state index contributed by atoms with van der Waals surface area (Å²) in [6.45, 7) is 10.4. The van der Waals surface area contributed by atoms with Gasteiger partial charge in [-0.05, 0) is 43.9 Å². The first-order valence-electron chi connectivity index (χ1n) is 11.7. The van der Waals surface area contributed by atoms with E-state index in [2.05, 4.69) is 22.0 Å². The van der Waals surface area contributed by atoms with Crippen molar-refractivity contribution in [2.45, 2.75) is 44.9 Å². The van der Waals surface area contributed by atoms with Gasteiger partial charge in [0.15, 0.2) is 5.96 Å². The number of piperidine rings is 1. The van der Waals surface area contributed by atoms with Gasteiger partial charge in [0, 0.05) is 51.9 Å². The van der Waals surface area contributed by atoms with Crippen LogP contribution < -0.4 is 10.2 Å². The van der Waals surface area contributed by atoms with Gasteiger partial charge in [0.2, 0.25) is 0 Å². The van der Waals surface area contributed by atoms with Crippen molar-refractivity contribution in [2.75, 3.05) is 63.9 Å². The Balaban J connectivity index is 1.37. The van der Waals surface area contributed by atoms with Gasteiger partial charge in [-0.3, -0.25) is 4.90 Å². The van der Waals surface area contributed by atoms with Gasteiger partial charge in [-0.25, -0.2) is 9.38 Å². The lowest BCUT2D eigenvalue weighted by molar-refractivity contribution is 0.0195. The summed E-state index contributed by atoms with van der Waals surface area (Å²) < 4.78 is 20.3. The Bertz CT molecular complexity index is 747. The molecule has 0 saturated carbocycles. The smallest absolute Gasteiger partial charge is 0.194 e. The summed E-state index contributed by atoms with van der Waals surface area (Å²) in [5, 5.41) is 13.1. The van der Waals surface area contributed by atoms with E-state index >= 15 is 0 Å². The Kier molecular flexibility index (Phi) is 7.63. The van der Waals surface area contributed by atoms with Gasteiger partial charge in [-0.2, -0.15) is 0 Å². The second-order valence-electron chi connectivity index (χ2n) is 8.71. The van der Waals surface area contributed by atoms with Crippen LogP contribution in [-0.4, -0.2) is 92.0 Å². The van der Waals surface area contributed by atoms with Crippen LogP contribution in [0.25, 0.3) is 0 Å². The van der Waals surface area contributed by atoms with Crippen LogP contribution in [0.4, 0.5) is 10.1 Å². The zero-order valence-corrected chi connectivity index (χ0v) is 18.6. The molecular formula is C23H36FN5O2. The van der Waals surface area contributed by atoms with Crippen LogP contribution in [0, 0.1) is 5.82 Å². The number of rotatable bonds is 5. The minimum absolute atomic E-state index is 0.206. The Labute approximate surface area is 184 Å². The number of nitrogens with zero attached hydrogens (tertiary/aromatic N) is 4. The number of ether oxygens (including phenoxy) is 1. The third kappa shape index (κ3) is 5.67. The lowest BCUT2D eigenvalue weighted by Gasteiger charge is -2.32. The van der Waals surface area contributed by atoms with Crippen molar-refractivity contribution >= 4 is 11.6 Å². The molecule has 7 nitrogen and oxygen atoms in total. The van der Waals surface area contributed by atoms with Crippen molar-refractivity contribution in [1.29, 1.82) is 0 Å². The van der Waals surface area contributed by atoms with Gasteiger partial charge in [0.25, 0.3) is 0 Å². The summed E-state index contributed by atoms with van der Waals surface area (Å²) >= 11 is 0. The fourth-order valence-electron chi connectivity index (χ4n) is 4.78. The molecule has 1 aromatic rings. The predicted molar refractivity (Wildman–Crippen MR) is 121 cm³/mol. The molecule has 1 atom stereocenters. The summed E-state index contributed by atoms with van der Waals surface area (Å²) in [6, 6.07) is 5.98. The maximum atomic E-state index is 14.8. The van der Waals surface area contributed by atoms with Crippen molar-refractivity contribution < 1.29 is 14.2 Å². The zero-order valence-electron chi connectivity index (χ0n) is 18.6. The third-order valence-electron chi connectivity index (χ3n) is 6.59. The number of benzene rings is 1. The number of hydrogen-bond acceptors (Lipinski definition) is 5. The lowest BCUT2D eigenvalue weighted by Crippen LogP contribution is -2.46. The maximum Gasteiger partial charge on any atom is 0.194 e. The summed E-state index contributed by atoms with van der Waals surface area (Å²) in [5.41, 5.74) is 1.50. The standard InChI is InChI=1S/C23H36FN5O2/c1-2-25-23(29-8-5-19(17-29)27-11-13-31-14-12-27)26-16-18-3-4-22(21(24)15-18)28-9-6-20(30)7-10-28/h3-4,15,19-20,30H,2,5-14,16-17H2,1H3,(H,25,26). The zero-order chi connectivity index (χ0) is 21.6. The molecule has 3 aliphatic heterocycles. The maximum absolute atomic E-state index is 14.8. The van der Waals surface area contributed by atoms with Crippen LogP contribution >= 0.6 is 0 Å². The number of likely N-dealkylation sites (tertiary alicyclic amines) is 1. The highest BCUT2D eigenvalue weighted by molar-refractivity contribution is 5.80. The fraction of sp³-hybridized carbons (Fsp3) is 0.696. The molecule has 3 heterocycles. The van der Waals surface area contributed by atoms with E-state index in [9.17, 15) is 9.50 Å². The second-order valence-corrected chi connectivity index (χ2v) is 8.71. The van der Waals surface area contributed by atoms with Gasteiger partial charge in [-0.1, -0.05) is 6.07 Å². The molecule has 0 aromatic heterocycles. The molecule has 4 rings (SSSR count). The molecule has 0 bridgehead atoms. The molecule has 0 spiro atoms. The number of hydrogen-bond donors (Lipinski definition) is 2. The van der Waals surface area contributed by atoms with Crippen molar-refractivity contribution in [2.24, 2.45) is 4.99 Å². The fourth-order valence-corrected chi connectivity index (χ4v) is 4.78. The number of aliphatic hydroxyl groups is 1. The molecule has 1 unspecified atom stereocenters. The van der Waals surface area contributed by atoms with E-state index in [1.807, 2.05) is 17.0 Å². The van der Waals surface area contributed by atoms with Crippen LogP contribution in [0.3, 0.4) is 0 Å². The van der Waals surface area contributed by atoms with Gasteiger partial charge in [-0.15, -0.1) is 0 Å². The van der Waals surface area contributed by atoms with Gasteiger partial charge in [0.1, 0.15) is 5.82 Å². The van der Waals surface area contributed by atoms with Crippen LogP contribution in [0.1, 0.15) is 31.7 Å². The number of guanidine groups is 1. The van der Waals surface area contributed by atoms with Crippen LogP contribution in [-0.2, 0) is 11.3 Å². The molecule has 1 aromatic carbocycles. The Hall–Kier alpha value is -1.90. The molecule has 3 saturated heterocycles. The molecule has 2 N–H and O–H groups in total. The molecule has 3 fully saturated rings. The predicted octanol–water partition coefficient (Wildman–Crippen LogP) is 1.66. The second kappa shape index (κ2) is 10.6. The first-order valence-corrected chi connectivity index (χ1v) is 11.7. The highest BCUT2D eigenvalue weighted by Crippen LogP contribution is 2.25. The molecule has 3 aliphatic rings. The largest absolute Gasteiger partial charge is 0.393 e. The molecule has 31 heavy (non-hydrogen) atoms. The third-order valence-corrected chi connectivity index (χ3v) is 6.59. The van der Waals surface area contributed by atoms with Crippen molar-refractivity contribution in [3.63, 3.8) is 0 Å². The Morgan fingerprint density at radius 1 is 1.16 bits per heavy atom. The average molecular weight is 434 g/mol. The van der Waals surface area contributed by atoms with Gasteiger partial charge >= 0.3 is 0 Å². The van der Waals surface area contributed by atoms with E-state index in [1.165, 1.54) is 0 Å². The highest BCUT2D eigenvalue weighted by atomic mass is 19.1. The summed E-state index contributed by atoms with van der Waals surface area (Å²) in [4.78, 5) is 11.7. The van der Waals surface area contributed by atoms with Crippen molar-refractivity contribution in [1.82, 2.24) is 15.1 Å². The summed E-state index contributed by atoms with van der Waals surface area (Å²) in [6.07, 6.45) is 2.27. The molecule has 0 amide bonds. The molecule has 0 aliphatic carbocycles. The first-order chi connectivity index (χ1) is 15.1. The van der Waals surface area contributed by atoms with Gasteiger partial charge in [0.05, 0.1) is 31.5 Å². The van der Waals surface area contributed by atoms with Crippen LogP contribution in [0.15, 0.2) is 23.2 Å². The minimum Gasteiger partial charge on any atom is -0.393 e. The van der Waals surface area contributed by atoms with Crippen LogP contribution in [0.5, 0.6) is 0 Å². The quantitative estimate of drug-likeness (QED) is 0.544. The molecule has 0 radical (unpaired) electrons. The lowest BCUT2D eigenvalue weighted by atomic mass is 10.1. The van der Waals surface area contributed by atoms with E-state index < -0.39 is 0 Å². The molecule has 8 heteroatoms. The summed E-state index contributed by atoms with van der Waals surface area (Å²) in [7, 11) is 0. The van der Waals surface area contributed by atoms with Crippen molar-refractivity contribution in [3.05, 3.63) is 29.6 Å². The normalized spacial score (nSPS) is 24.1. The molecule has 172 valence electrons. The van der Waals surface area contributed by atoms with Crippen LogP contribution in [0.2, 0.25) is 0 Å². The van der Waals surface area contributed by atoms with Crippen molar-refractivity contribution in [3.8, 4) is 0 Å².